The zero-order valence-corrected chi connectivity index (χ0v) is 11.4. The van der Waals surface area contributed by atoms with Crippen LogP contribution in [0.5, 0.6) is 0 Å². The molecule has 0 radical (unpaired) electrons. The largest absolute Gasteiger partial charge is 0.350 e. The third-order valence-electron chi connectivity index (χ3n) is 2.74. The van der Waals surface area contributed by atoms with E-state index in [1.165, 1.54) is 19.9 Å². The molecule has 1 aromatic heterocycles. The first-order chi connectivity index (χ1) is 9.84. The van der Waals surface area contributed by atoms with Crippen molar-refractivity contribution < 1.29 is 22.5 Å². The topological polar surface area (TPSA) is 55.1 Å². The molecule has 1 amide bonds. The molecule has 0 fully saturated rings. The number of benzene rings is 1. The number of hydrogen-bond acceptors (Lipinski definition) is 3. The molecule has 112 valence electrons. The molecule has 4 nitrogen and oxygen atoms in total. The lowest BCUT2D eigenvalue weighted by Crippen LogP contribution is -2.45. The van der Waals surface area contributed by atoms with Crippen molar-refractivity contribution in [3.05, 3.63) is 41.7 Å². The third kappa shape index (κ3) is 3.24. The number of aromatic nitrogens is 1. The summed E-state index contributed by atoms with van der Waals surface area (Å²) in [5, 5.41) is 5.86. The fraction of sp³-hybridized carbons (Fsp3) is 0.286. The first kappa shape index (κ1) is 15.1. The molecule has 7 heteroatoms. The van der Waals surface area contributed by atoms with Crippen LogP contribution in [0.25, 0.3) is 11.3 Å². The molecular weight excluding hydrogens is 285 g/mol. The Hall–Kier alpha value is -2.31. The maximum Gasteiger partial charge on any atom is 0.290 e. The van der Waals surface area contributed by atoms with Crippen LogP contribution in [-0.4, -0.2) is 23.3 Å². The second-order valence-electron chi connectivity index (χ2n) is 5.14. The van der Waals surface area contributed by atoms with Crippen molar-refractivity contribution in [1.82, 2.24) is 10.5 Å². The molecule has 1 aromatic carbocycles. The first-order valence-electron chi connectivity index (χ1n) is 6.13. The minimum absolute atomic E-state index is 0.145. The zero-order chi connectivity index (χ0) is 15.6. The zero-order valence-electron chi connectivity index (χ0n) is 11.4. The Bertz CT molecular complexity index is 648. The molecule has 0 unspecified atom stereocenters. The fourth-order valence-corrected chi connectivity index (χ4v) is 1.64. The van der Waals surface area contributed by atoms with Gasteiger partial charge in [0, 0.05) is 6.07 Å². The first-order valence-corrected chi connectivity index (χ1v) is 6.13. The van der Waals surface area contributed by atoms with Gasteiger partial charge in [-0.05, 0) is 26.0 Å². The van der Waals surface area contributed by atoms with E-state index in [2.05, 4.69) is 10.5 Å². The summed E-state index contributed by atoms with van der Waals surface area (Å²) < 4.78 is 44.6. The van der Waals surface area contributed by atoms with Gasteiger partial charge in [0.2, 0.25) is 5.76 Å². The quantitative estimate of drug-likeness (QED) is 0.943. The van der Waals surface area contributed by atoms with Crippen LogP contribution < -0.4 is 5.32 Å². The number of carbonyl (C=O) groups excluding carboxylic acids is 1. The number of nitrogens with zero attached hydrogens (tertiary/aromatic N) is 1. The van der Waals surface area contributed by atoms with Gasteiger partial charge in [-0.3, -0.25) is 4.79 Å². The number of hydrogen-bond donors (Lipinski definition) is 1. The Labute approximate surface area is 118 Å². The van der Waals surface area contributed by atoms with E-state index in [-0.39, 0.29) is 17.0 Å². The van der Waals surface area contributed by atoms with Crippen LogP contribution in [0.1, 0.15) is 24.4 Å². The summed E-state index contributed by atoms with van der Waals surface area (Å²) >= 11 is 0. The van der Waals surface area contributed by atoms with E-state index in [0.717, 1.165) is 18.2 Å². The molecule has 1 N–H and O–H groups in total. The van der Waals surface area contributed by atoms with Crippen LogP contribution in [0.3, 0.4) is 0 Å². The van der Waals surface area contributed by atoms with Crippen LogP contribution in [0, 0.1) is 11.6 Å². The number of nitrogens with one attached hydrogen (secondary N) is 1. The van der Waals surface area contributed by atoms with Gasteiger partial charge in [-0.25, -0.2) is 13.2 Å². The Morgan fingerprint density at radius 3 is 2.52 bits per heavy atom. The van der Waals surface area contributed by atoms with Gasteiger partial charge < -0.3 is 9.84 Å². The second-order valence-corrected chi connectivity index (χ2v) is 5.14. The number of rotatable bonds is 4. The summed E-state index contributed by atoms with van der Waals surface area (Å²) in [6, 6.07) is 4.45. The summed E-state index contributed by atoms with van der Waals surface area (Å²) in [4.78, 5) is 11.8. The van der Waals surface area contributed by atoms with Crippen LogP contribution in [0.2, 0.25) is 0 Å². The Morgan fingerprint density at radius 2 is 1.95 bits per heavy atom. The maximum absolute atomic E-state index is 13.6. The van der Waals surface area contributed by atoms with Crippen LogP contribution in [-0.2, 0) is 0 Å². The number of carbonyl (C=O) groups is 1. The number of alkyl halides is 1. The van der Waals surface area contributed by atoms with E-state index in [1.807, 2.05) is 0 Å². The van der Waals surface area contributed by atoms with E-state index >= 15 is 0 Å². The van der Waals surface area contributed by atoms with Gasteiger partial charge in [0.25, 0.3) is 5.91 Å². The van der Waals surface area contributed by atoms with Crippen molar-refractivity contribution in [3.63, 3.8) is 0 Å². The predicted octanol–water partition coefficient (Wildman–Crippen LogP) is 3.10. The summed E-state index contributed by atoms with van der Waals surface area (Å²) in [7, 11) is 0. The minimum atomic E-state index is -1.08. The Balaban J connectivity index is 2.28. The molecule has 0 aliphatic rings. The highest BCUT2D eigenvalue weighted by Gasteiger charge is 2.24. The molecule has 0 bridgehead atoms. The predicted molar refractivity (Wildman–Crippen MR) is 69.4 cm³/mol. The van der Waals surface area contributed by atoms with Crippen molar-refractivity contribution in [1.29, 1.82) is 0 Å². The highest BCUT2D eigenvalue weighted by atomic mass is 19.1. The Kier molecular flexibility index (Phi) is 4.02. The van der Waals surface area contributed by atoms with Gasteiger partial charge in [0.05, 0.1) is 11.1 Å². The lowest BCUT2D eigenvalue weighted by atomic mass is 10.1. The second kappa shape index (κ2) is 5.59. The SMILES string of the molecule is CC(C)(CF)NC(=O)c1cc(-c2c(F)cccc2F)no1. The van der Waals surface area contributed by atoms with Gasteiger partial charge >= 0.3 is 0 Å². The van der Waals surface area contributed by atoms with E-state index in [0.29, 0.717) is 0 Å². The van der Waals surface area contributed by atoms with Gasteiger partial charge in [-0.2, -0.15) is 0 Å². The van der Waals surface area contributed by atoms with Gasteiger partial charge in [0.1, 0.15) is 24.0 Å². The minimum Gasteiger partial charge on any atom is -0.350 e. The van der Waals surface area contributed by atoms with Gasteiger partial charge in [-0.1, -0.05) is 11.2 Å². The summed E-state index contributed by atoms with van der Waals surface area (Å²) in [5.41, 5.74) is -1.60. The maximum atomic E-state index is 13.6. The number of halogens is 3. The molecule has 0 spiro atoms. The van der Waals surface area contributed by atoms with E-state index in [9.17, 15) is 18.0 Å². The lowest BCUT2D eigenvalue weighted by Gasteiger charge is -2.21. The standard InChI is InChI=1S/C14H13F3N2O2/c1-14(2,7-15)18-13(20)11-6-10(19-21-11)12-8(16)4-3-5-9(12)17/h3-6H,7H2,1-2H3,(H,18,20). The molecule has 1 heterocycles. The van der Waals surface area contributed by atoms with Crippen molar-refractivity contribution in [2.45, 2.75) is 19.4 Å². The number of amides is 1. The summed E-state index contributed by atoms with van der Waals surface area (Å²) in [6.45, 7) is 2.19. The molecule has 0 atom stereocenters. The molecule has 0 saturated carbocycles. The monoisotopic (exact) mass is 298 g/mol. The van der Waals surface area contributed by atoms with Crippen molar-refractivity contribution in [2.75, 3.05) is 6.67 Å². The van der Waals surface area contributed by atoms with Crippen LogP contribution in [0.4, 0.5) is 13.2 Å². The van der Waals surface area contributed by atoms with Crippen molar-refractivity contribution in [3.8, 4) is 11.3 Å². The van der Waals surface area contributed by atoms with Crippen molar-refractivity contribution >= 4 is 5.91 Å². The lowest BCUT2D eigenvalue weighted by molar-refractivity contribution is 0.0862. The highest BCUT2D eigenvalue weighted by Crippen LogP contribution is 2.25. The van der Waals surface area contributed by atoms with Gasteiger partial charge in [0.15, 0.2) is 0 Å². The molecule has 2 aromatic rings. The fourth-order valence-electron chi connectivity index (χ4n) is 1.64. The van der Waals surface area contributed by atoms with E-state index in [1.54, 1.807) is 0 Å². The molecule has 0 saturated heterocycles. The average molecular weight is 298 g/mol. The Morgan fingerprint density at radius 1 is 1.33 bits per heavy atom. The van der Waals surface area contributed by atoms with E-state index < -0.39 is 29.8 Å². The molecule has 0 aliphatic heterocycles. The summed E-state index contributed by atoms with van der Waals surface area (Å²) in [6.07, 6.45) is 0. The molecule has 21 heavy (non-hydrogen) atoms. The van der Waals surface area contributed by atoms with E-state index in [4.69, 9.17) is 4.52 Å². The highest BCUT2D eigenvalue weighted by molar-refractivity contribution is 5.92. The molecule has 0 aliphatic carbocycles. The van der Waals surface area contributed by atoms with Gasteiger partial charge in [-0.15, -0.1) is 0 Å². The molecular formula is C14H13F3N2O2. The van der Waals surface area contributed by atoms with Crippen LogP contribution in [0.15, 0.2) is 28.8 Å². The summed E-state index contributed by atoms with van der Waals surface area (Å²) in [5.74, 6) is -2.61. The smallest absolute Gasteiger partial charge is 0.290 e. The third-order valence-corrected chi connectivity index (χ3v) is 2.74. The van der Waals surface area contributed by atoms with Crippen LogP contribution >= 0.6 is 0 Å². The van der Waals surface area contributed by atoms with Crippen molar-refractivity contribution in [2.24, 2.45) is 0 Å². The normalized spacial score (nSPS) is 11.5. The molecule has 2 rings (SSSR count). The average Bonchev–Trinajstić information content (AvgIpc) is 2.87.